The van der Waals surface area contributed by atoms with Gasteiger partial charge in [-0.15, -0.1) is 0 Å². The lowest BCUT2D eigenvalue weighted by molar-refractivity contribution is -0.114. The number of fused-ring (bicyclic) bond motifs is 3. The topological polar surface area (TPSA) is 66.5 Å². The van der Waals surface area contributed by atoms with Gasteiger partial charge in [0, 0.05) is 21.2 Å². The maximum absolute atomic E-state index is 13.2. The van der Waals surface area contributed by atoms with Gasteiger partial charge in [0.05, 0.1) is 21.3 Å². The lowest BCUT2D eigenvalue weighted by Crippen LogP contribution is -2.40. The van der Waals surface area contributed by atoms with E-state index >= 15 is 0 Å². The average Bonchev–Trinajstić information content (AvgIpc) is 2.68. The molecule has 1 N–H and O–H groups in total. The number of hydrogen-bond acceptors (Lipinski definition) is 3. The van der Waals surface area contributed by atoms with Crippen LogP contribution in [-0.4, -0.2) is 20.9 Å². The monoisotopic (exact) mass is 466 g/mol. The molecule has 0 saturated carbocycles. The number of halogens is 3. The highest BCUT2D eigenvalue weighted by molar-refractivity contribution is 7.93. The van der Waals surface area contributed by atoms with Gasteiger partial charge in [-0.2, -0.15) is 0 Å². The van der Waals surface area contributed by atoms with Crippen LogP contribution in [0.25, 0.3) is 11.1 Å². The summed E-state index contributed by atoms with van der Waals surface area (Å²) in [7, 11) is -3.94. The fraction of sp³-hybridized carbons (Fsp3) is 0.0500. The van der Waals surface area contributed by atoms with Gasteiger partial charge < -0.3 is 5.32 Å². The molecule has 0 atom stereocenters. The fourth-order valence-corrected chi connectivity index (χ4v) is 5.35. The van der Waals surface area contributed by atoms with Gasteiger partial charge in [-0.05, 0) is 42.5 Å². The Morgan fingerprint density at radius 1 is 0.897 bits per heavy atom. The highest BCUT2D eigenvalue weighted by atomic mass is 35.5. The number of anilines is 2. The summed E-state index contributed by atoms with van der Waals surface area (Å²) in [5.74, 6) is -0.557. The van der Waals surface area contributed by atoms with Crippen LogP contribution in [-0.2, 0) is 14.8 Å². The van der Waals surface area contributed by atoms with Crippen molar-refractivity contribution in [2.75, 3.05) is 16.2 Å². The molecule has 1 aliphatic heterocycles. The van der Waals surface area contributed by atoms with Crippen LogP contribution in [0.4, 0.5) is 11.4 Å². The smallest absolute Gasteiger partial charge is 0.265 e. The molecule has 3 aromatic carbocycles. The molecule has 3 aromatic rings. The first-order chi connectivity index (χ1) is 13.8. The standard InChI is InChI=1S/C20H13Cl3N2O3S/c21-12-6-8-18-15(9-12)14-3-1-2-4-19(14)29(27,28)25(18)11-20(26)24-17-10-13(22)5-7-16(17)23/h1-10H,11H2,(H,24,26). The second kappa shape index (κ2) is 7.54. The van der Waals surface area contributed by atoms with Crippen molar-refractivity contribution in [1.29, 1.82) is 0 Å². The van der Waals surface area contributed by atoms with Crippen LogP contribution in [0.15, 0.2) is 65.6 Å². The van der Waals surface area contributed by atoms with Crippen molar-refractivity contribution in [2.24, 2.45) is 0 Å². The third-order valence-electron chi connectivity index (χ3n) is 4.46. The molecule has 0 aromatic heterocycles. The minimum atomic E-state index is -3.94. The molecule has 1 amide bonds. The summed E-state index contributed by atoms with van der Waals surface area (Å²) in [6, 6.07) is 16.1. The van der Waals surface area contributed by atoms with E-state index in [1.807, 2.05) is 0 Å². The number of hydrogen-bond donors (Lipinski definition) is 1. The lowest BCUT2D eigenvalue weighted by atomic mass is 10.0. The Balaban J connectivity index is 1.74. The lowest BCUT2D eigenvalue weighted by Gasteiger charge is -2.31. The number of benzene rings is 3. The van der Waals surface area contributed by atoms with Crippen LogP contribution in [0.5, 0.6) is 0 Å². The van der Waals surface area contributed by atoms with E-state index in [-0.39, 0.29) is 4.90 Å². The van der Waals surface area contributed by atoms with Gasteiger partial charge in [0.15, 0.2) is 0 Å². The van der Waals surface area contributed by atoms with Crippen molar-refractivity contribution < 1.29 is 13.2 Å². The third kappa shape index (κ3) is 3.69. The Morgan fingerprint density at radius 3 is 2.38 bits per heavy atom. The Kier molecular flexibility index (Phi) is 5.21. The van der Waals surface area contributed by atoms with Crippen molar-refractivity contribution >= 4 is 62.1 Å². The summed E-state index contributed by atoms with van der Waals surface area (Å²) >= 11 is 18.2. The molecule has 148 valence electrons. The quantitative estimate of drug-likeness (QED) is 0.556. The van der Waals surface area contributed by atoms with E-state index in [9.17, 15) is 13.2 Å². The van der Waals surface area contributed by atoms with Crippen LogP contribution in [0, 0.1) is 0 Å². The summed E-state index contributed by atoms with van der Waals surface area (Å²) in [4.78, 5) is 12.8. The number of nitrogens with zero attached hydrogens (tertiary/aromatic N) is 1. The van der Waals surface area contributed by atoms with Crippen LogP contribution in [0.2, 0.25) is 15.1 Å². The van der Waals surface area contributed by atoms with E-state index in [4.69, 9.17) is 34.8 Å². The molecule has 1 aliphatic rings. The normalized spacial score (nSPS) is 14.1. The fourth-order valence-electron chi connectivity index (χ4n) is 3.19. The van der Waals surface area contributed by atoms with Crippen molar-refractivity contribution in [3.8, 4) is 11.1 Å². The second-order valence-electron chi connectivity index (χ2n) is 6.34. The molecule has 1 heterocycles. The predicted molar refractivity (Wildman–Crippen MR) is 117 cm³/mol. The molecule has 0 fully saturated rings. The van der Waals surface area contributed by atoms with Crippen molar-refractivity contribution in [3.63, 3.8) is 0 Å². The van der Waals surface area contributed by atoms with Gasteiger partial charge >= 0.3 is 0 Å². The molecule has 0 aliphatic carbocycles. The number of rotatable bonds is 3. The summed E-state index contributed by atoms with van der Waals surface area (Å²) in [5, 5.41) is 3.77. The number of carbonyl (C=O) groups excluding carboxylic acids is 1. The van der Waals surface area contributed by atoms with E-state index in [1.54, 1.807) is 48.5 Å². The Morgan fingerprint density at radius 2 is 1.59 bits per heavy atom. The van der Waals surface area contributed by atoms with E-state index in [2.05, 4.69) is 5.32 Å². The van der Waals surface area contributed by atoms with Gasteiger partial charge in [0.2, 0.25) is 5.91 Å². The van der Waals surface area contributed by atoms with Gasteiger partial charge in [0.25, 0.3) is 10.0 Å². The summed E-state index contributed by atoms with van der Waals surface area (Å²) in [6.45, 7) is -0.436. The molecule has 5 nitrogen and oxygen atoms in total. The Bertz CT molecular complexity index is 1250. The molecular formula is C20H13Cl3N2O3S. The van der Waals surface area contributed by atoms with E-state index < -0.39 is 22.5 Å². The minimum absolute atomic E-state index is 0.114. The highest BCUT2D eigenvalue weighted by Gasteiger charge is 2.36. The number of sulfonamides is 1. The molecule has 0 radical (unpaired) electrons. The van der Waals surface area contributed by atoms with Crippen LogP contribution < -0.4 is 9.62 Å². The maximum Gasteiger partial charge on any atom is 0.265 e. The van der Waals surface area contributed by atoms with Crippen molar-refractivity contribution in [1.82, 2.24) is 0 Å². The first-order valence-corrected chi connectivity index (χ1v) is 11.0. The summed E-state index contributed by atoms with van der Waals surface area (Å²) in [6.07, 6.45) is 0. The number of nitrogens with one attached hydrogen (secondary N) is 1. The van der Waals surface area contributed by atoms with E-state index in [0.717, 1.165) is 4.31 Å². The van der Waals surface area contributed by atoms with Crippen molar-refractivity contribution in [3.05, 3.63) is 75.7 Å². The Hall–Kier alpha value is -2.25. The van der Waals surface area contributed by atoms with Crippen molar-refractivity contribution in [2.45, 2.75) is 4.90 Å². The number of amides is 1. The molecule has 0 spiro atoms. The minimum Gasteiger partial charge on any atom is -0.323 e. The molecule has 29 heavy (non-hydrogen) atoms. The van der Waals surface area contributed by atoms with E-state index in [0.29, 0.717) is 37.6 Å². The van der Waals surface area contributed by atoms with E-state index in [1.165, 1.54) is 12.1 Å². The second-order valence-corrected chi connectivity index (χ2v) is 9.45. The summed E-state index contributed by atoms with van der Waals surface area (Å²) in [5.41, 5.74) is 1.85. The molecule has 0 bridgehead atoms. The third-order valence-corrected chi connectivity index (χ3v) is 7.08. The van der Waals surface area contributed by atoms with Crippen LogP contribution in [0.3, 0.4) is 0 Å². The molecule has 0 unspecified atom stereocenters. The first kappa shape index (κ1) is 20.0. The molecular weight excluding hydrogens is 455 g/mol. The zero-order valence-electron chi connectivity index (χ0n) is 14.7. The van der Waals surface area contributed by atoms with Crippen LogP contribution >= 0.6 is 34.8 Å². The van der Waals surface area contributed by atoms with Gasteiger partial charge in [-0.25, -0.2) is 8.42 Å². The zero-order valence-corrected chi connectivity index (χ0v) is 17.8. The van der Waals surface area contributed by atoms with Crippen LogP contribution in [0.1, 0.15) is 0 Å². The molecule has 9 heteroatoms. The Labute approximate surface area is 182 Å². The predicted octanol–water partition coefficient (Wildman–Crippen LogP) is 5.46. The average molecular weight is 468 g/mol. The van der Waals surface area contributed by atoms with Gasteiger partial charge in [0.1, 0.15) is 6.54 Å². The van der Waals surface area contributed by atoms with Gasteiger partial charge in [-0.1, -0.05) is 53.0 Å². The highest BCUT2D eigenvalue weighted by Crippen LogP contribution is 2.43. The number of carbonyl (C=O) groups is 1. The largest absolute Gasteiger partial charge is 0.323 e. The summed E-state index contributed by atoms with van der Waals surface area (Å²) < 4.78 is 27.5. The first-order valence-electron chi connectivity index (χ1n) is 8.44. The molecule has 0 saturated heterocycles. The maximum atomic E-state index is 13.2. The molecule has 4 rings (SSSR count). The SMILES string of the molecule is O=C(CN1c2ccc(Cl)cc2-c2ccccc2S1(=O)=O)Nc1cc(Cl)ccc1Cl. The zero-order chi connectivity index (χ0) is 20.8. The van der Waals surface area contributed by atoms with Gasteiger partial charge in [-0.3, -0.25) is 9.10 Å².